The van der Waals surface area contributed by atoms with E-state index in [1.165, 1.54) is 0 Å². The molecular weight excluding hydrogens is 152 g/mol. The van der Waals surface area contributed by atoms with E-state index >= 15 is 0 Å². The Kier molecular flexibility index (Phi) is 1.68. The van der Waals surface area contributed by atoms with Gasteiger partial charge in [0.1, 0.15) is 11.5 Å². The van der Waals surface area contributed by atoms with Gasteiger partial charge in [-0.15, -0.1) is 0 Å². The first-order valence-electron chi connectivity index (χ1n) is 4.22. The largest absolute Gasteiger partial charge is 0.508 e. The highest BCUT2D eigenvalue weighted by Gasteiger charge is 2.11. The summed E-state index contributed by atoms with van der Waals surface area (Å²) in [5, 5.41) is 9.42. The molecule has 0 saturated heterocycles. The van der Waals surface area contributed by atoms with E-state index in [2.05, 4.69) is 0 Å². The minimum atomic E-state index is 0.374. The van der Waals surface area contributed by atoms with Gasteiger partial charge in [-0.2, -0.15) is 0 Å². The van der Waals surface area contributed by atoms with Gasteiger partial charge in [-0.25, -0.2) is 0 Å². The smallest absolute Gasteiger partial charge is 0.123 e. The van der Waals surface area contributed by atoms with Crippen LogP contribution in [0.15, 0.2) is 12.1 Å². The van der Waals surface area contributed by atoms with E-state index in [-0.39, 0.29) is 0 Å². The van der Waals surface area contributed by atoms with Crippen molar-refractivity contribution in [2.45, 2.75) is 19.8 Å². The number of hydrogen-bond donors (Lipinski definition) is 1. The SMILES string of the molecule is Cc1cc2c(cc1O)CCCO2. The molecule has 0 aromatic heterocycles. The average Bonchev–Trinajstić information content (AvgIpc) is 2.07. The van der Waals surface area contributed by atoms with Crippen LogP contribution in [0, 0.1) is 6.92 Å². The summed E-state index contributed by atoms with van der Waals surface area (Å²) < 4.78 is 5.45. The summed E-state index contributed by atoms with van der Waals surface area (Å²) in [4.78, 5) is 0. The fourth-order valence-corrected chi connectivity index (χ4v) is 1.49. The Balaban J connectivity index is 2.49. The first-order valence-corrected chi connectivity index (χ1v) is 4.22. The molecule has 2 rings (SSSR count). The first-order chi connectivity index (χ1) is 5.77. The van der Waals surface area contributed by atoms with Crippen LogP contribution < -0.4 is 4.74 Å². The summed E-state index contributed by atoms with van der Waals surface area (Å²) in [6.07, 6.45) is 2.07. The molecule has 0 atom stereocenters. The maximum Gasteiger partial charge on any atom is 0.123 e. The predicted molar refractivity (Wildman–Crippen MR) is 46.7 cm³/mol. The topological polar surface area (TPSA) is 29.5 Å². The third-order valence-corrected chi connectivity index (χ3v) is 2.23. The Bertz CT molecular complexity index is 274. The highest BCUT2D eigenvalue weighted by Crippen LogP contribution is 2.30. The molecule has 1 N–H and O–H groups in total. The highest BCUT2D eigenvalue weighted by atomic mass is 16.5. The molecular formula is C10H12O2. The van der Waals surface area contributed by atoms with Crippen molar-refractivity contribution < 1.29 is 9.84 Å². The van der Waals surface area contributed by atoms with Gasteiger partial charge in [0.05, 0.1) is 6.61 Å². The van der Waals surface area contributed by atoms with Crippen LogP contribution >= 0.6 is 0 Å². The molecule has 0 amide bonds. The lowest BCUT2D eigenvalue weighted by molar-refractivity contribution is 0.287. The fourth-order valence-electron chi connectivity index (χ4n) is 1.49. The number of phenolic OH excluding ortho intramolecular Hbond substituents is 1. The van der Waals surface area contributed by atoms with Gasteiger partial charge in [0.15, 0.2) is 0 Å². The number of rotatable bonds is 0. The molecule has 0 fully saturated rings. The summed E-state index contributed by atoms with van der Waals surface area (Å²) in [7, 11) is 0. The van der Waals surface area contributed by atoms with Crippen molar-refractivity contribution >= 4 is 0 Å². The number of aromatic hydroxyl groups is 1. The monoisotopic (exact) mass is 164 g/mol. The lowest BCUT2D eigenvalue weighted by Gasteiger charge is -2.17. The average molecular weight is 164 g/mol. The molecule has 64 valence electrons. The van der Waals surface area contributed by atoms with Crippen molar-refractivity contribution in [1.29, 1.82) is 0 Å². The van der Waals surface area contributed by atoms with E-state index in [9.17, 15) is 5.11 Å². The highest BCUT2D eigenvalue weighted by molar-refractivity contribution is 5.45. The zero-order chi connectivity index (χ0) is 8.55. The standard InChI is InChI=1S/C10H12O2/c1-7-5-10-8(6-9(7)11)3-2-4-12-10/h5-6,11H,2-4H2,1H3. The van der Waals surface area contributed by atoms with Crippen molar-refractivity contribution in [3.05, 3.63) is 23.3 Å². The maximum absolute atomic E-state index is 9.42. The van der Waals surface area contributed by atoms with Gasteiger partial charge in [-0.1, -0.05) is 0 Å². The summed E-state index contributed by atoms with van der Waals surface area (Å²) in [6.45, 7) is 2.69. The Hall–Kier alpha value is -1.18. The second-order valence-electron chi connectivity index (χ2n) is 3.20. The molecule has 1 aromatic carbocycles. The Labute approximate surface area is 71.8 Å². The zero-order valence-corrected chi connectivity index (χ0v) is 7.13. The van der Waals surface area contributed by atoms with Gasteiger partial charge in [-0.05, 0) is 43.0 Å². The molecule has 1 heterocycles. The van der Waals surface area contributed by atoms with Gasteiger partial charge < -0.3 is 9.84 Å². The number of ether oxygens (including phenoxy) is 1. The molecule has 1 aliphatic heterocycles. The van der Waals surface area contributed by atoms with Crippen LogP contribution in [-0.2, 0) is 6.42 Å². The minimum absolute atomic E-state index is 0.374. The van der Waals surface area contributed by atoms with Crippen molar-refractivity contribution in [2.75, 3.05) is 6.61 Å². The van der Waals surface area contributed by atoms with E-state index in [1.807, 2.05) is 19.1 Å². The Morgan fingerprint density at radius 1 is 1.42 bits per heavy atom. The van der Waals surface area contributed by atoms with Crippen LogP contribution in [0.3, 0.4) is 0 Å². The van der Waals surface area contributed by atoms with Crippen LogP contribution in [0.25, 0.3) is 0 Å². The van der Waals surface area contributed by atoms with Crippen LogP contribution in [0.4, 0.5) is 0 Å². The van der Waals surface area contributed by atoms with Crippen molar-refractivity contribution in [1.82, 2.24) is 0 Å². The lowest BCUT2D eigenvalue weighted by Crippen LogP contribution is -2.08. The molecule has 2 heteroatoms. The molecule has 2 nitrogen and oxygen atoms in total. The van der Waals surface area contributed by atoms with Gasteiger partial charge in [0.2, 0.25) is 0 Å². The summed E-state index contributed by atoms with van der Waals surface area (Å²) in [5.74, 6) is 1.32. The minimum Gasteiger partial charge on any atom is -0.508 e. The van der Waals surface area contributed by atoms with Crippen LogP contribution in [0.2, 0.25) is 0 Å². The zero-order valence-electron chi connectivity index (χ0n) is 7.13. The Morgan fingerprint density at radius 3 is 3.08 bits per heavy atom. The predicted octanol–water partition coefficient (Wildman–Crippen LogP) is 2.03. The number of aryl methyl sites for hydroxylation is 2. The fraction of sp³-hybridized carbons (Fsp3) is 0.400. The van der Waals surface area contributed by atoms with Crippen molar-refractivity contribution in [2.24, 2.45) is 0 Å². The molecule has 0 spiro atoms. The number of hydrogen-bond acceptors (Lipinski definition) is 2. The van der Waals surface area contributed by atoms with Crippen LogP contribution in [0.5, 0.6) is 11.5 Å². The molecule has 0 aliphatic carbocycles. The maximum atomic E-state index is 9.42. The summed E-state index contributed by atoms with van der Waals surface area (Å²) in [5.41, 5.74) is 2.01. The van der Waals surface area contributed by atoms with Crippen molar-refractivity contribution in [3.63, 3.8) is 0 Å². The van der Waals surface area contributed by atoms with E-state index < -0.39 is 0 Å². The molecule has 0 bridgehead atoms. The van der Waals surface area contributed by atoms with Gasteiger partial charge in [0.25, 0.3) is 0 Å². The number of fused-ring (bicyclic) bond motifs is 1. The second-order valence-corrected chi connectivity index (χ2v) is 3.20. The van der Waals surface area contributed by atoms with Crippen LogP contribution in [-0.4, -0.2) is 11.7 Å². The van der Waals surface area contributed by atoms with Crippen LogP contribution in [0.1, 0.15) is 17.5 Å². The Morgan fingerprint density at radius 2 is 2.25 bits per heavy atom. The van der Waals surface area contributed by atoms with Gasteiger partial charge in [-0.3, -0.25) is 0 Å². The molecule has 0 unspecified atom stereocenters. The van der Waals surface area contributed by atoms with Gasteiger partial charge >= 0.3 is 0 Å². The van der Waals surface area contributed by atoms with E-state index in [4.69, 9.17) is 4.74 Å². The van der Waals surface area contributed by atoms with E-state index in [0.29, 0.717) is 5.75 Å². The van der Waals surface area contributed by atoms with Gasteiger partial charge in [0, 0.05) is 0 Å². The molecule has 1 aromatic rings. The molecule has 0 radical (unpaired) electrons. The molecule has 0 saturated carbocycles. The normalized spacial score (nSPS) is 15.1. The van der Waals surface area contributed by atoms with Crippen molar-refractivity contribution in [3.8, 4) is 11.5 Å². The summed E-state index contributed by atoms with van der Waals surface area (Å²) in [6, 6.07) is 3.72. The third-order valence-electron chi connectivity index (χ3n) is 2.23. The molecule has 1 aliphatic rings. The first kappa shape index (κ1) is 7.47. The third kappa shape index (κ3) is 1.13. The number of benzene rings is 1. The quantitative estimate of drug-likeness (QED) is 0.635. The summed E-state index contributed by atoms with van der Waals surface area (Å²) >= 11 is 0. The van der Waals surface area contributed by atoms with E-state index in [0.717, 1.165) is 36.3 Å². The van der Waals surface area contributed by atoms with E-state index in [1.54, 1.807) is 0 Å². The lowest BCUT2D eigenvalue weighted by atomic mass is 10.0. The number of phenols is 1. The second kappa shape index (κ2) is 2.70. The molecule has 12 heavy (non-hydrogen) atoms.